The highest BCUT2D eigenvalue weighted by atomic mass is 16.5. The van der Waals surface area contributed by atoms with Gasteiger partial charge in [0, 0.05) is 5.56 Å². The van der Waals surface area contributed by atoms with Gasteiger partial charge in [0.25, 0.3) is 0 Å². The van der Waals surface area contributed by atoms with E-state index in [0.29, 0.717) is 12.5 Å². The largest absolute Gasteiger partial charge is 0.493 e. The molecule has 2 rings (SSSR count). The summed E-state index contributed by atoms with van der Waals surface area (Å²) in [5, 5.41) is 10.6. The Hall–Kier alpha value is -1.02. The predicted molar refractivity (Wildman–Crippen MR) is 73.7 cm³/mol. The molecule has 1 saturated carbocycles. The van der Waals surface area contributed by atoms with E-state index in [1.807, 2.05) is 31.2 Å². The van der Waals surface area contributed by atoms with Crippen LogP contribution in [0.5, 0.6) is 5.75 Å². The highest BCUT2D eigenvalue weighted by Gasteiger charge is 2.27. The minimum atomic E-state index is -0.375. The van der Waals surface area contributed by atoms with Crippen molar-refractivity contribution in [3.63, 3.8) is 0 Å². The Kier molecular flexibility index (Phi) is 4.65. The third-order valence-corrected chi connectivity index (χ3v) is 4.04. The van der Waals surface area contributed by atoms with Crippen LogP contribution in [-0.4, -0.2) is 11.7 Å². The number of rotatable bonds is 4. The molecule has 1 fully saturated rings. The Balaban J connectivity index is 2.10. The molecule has 0 amide bonds. The molecule has 1 aromatic rings. The normalized spacial score (nSPS) is 25.7. The molecule has 0 radical (unpaired) electrons. The molecule has 0 aliphatic heterocycles. The summed E-state index contributed by atoms with van der Waals surface area (Å²) in [7, 11) is 0. The first-order valence-corrected chi connectivity index (χ1v) is 7.12. The molecule has 2 nitrogen and oxygen atoms in total. The molecule has 18 heavy (non-hydrogen) atoms. The molecular formula is C16H24O2. The Morgan fingerprint density at radius 2 is 1.89 bits per heavy atom. The van der Waals surface area contributed by atoms with Gasteiger partial charge in [0.1, 0.15) is 5.75 Å². The summed E-state index contributed by atoms with van der Waals surface area (Å²) < 4.78 is 5.61. The predicted octanol–water partition coefficient (Wildman–Crippen LogP) is 3.95. The fourth-order valence-electron chi connectivity index (χ4n) is 2.87. The zero-order valence-corrected chi connectivity index (χ0v) is 11.4. The van der Waals surface area contributed by atoms with Gasteiger partial charge in [0.2, 0.25) is 0 Å². The average molecular weight is 248 g/mol. The maximum Gasteiger partial charge on any atom is 0.125 e. The lowest BCUT2D eigenvalue weighted by atomic mass is 9.78. The molecule has 1 aromatic carbocycles. The highest BCUT2D eigenvalue weighted by molar-refractivity contribution is 5.35. The molecule has 0 bridgehead atoms. The number of aliphatic hydroxyl groups excluding tert-OH is 1. The molecule has 2 heteroatoms. The maximum absolute atomic E-state index is 10.6. The third kappa shape index (κ3) is 3.05. The summed E-state index contributed by atoms with van der Waals surface area (Å²) in [6.07, 6.45) is 4.35. The number of benzene rings is 1. The van der Waals surface area contributed by atoms with Crippen LogP contribution in [0.3, 0.4) is 0 Å². The van der Waals surface area contributed by atoms with Gasteiger partial charge in [-0.3, -0.25) is 0 Å². The molecule has 1 aliphatic carbocycles. The van der Waals surface area contributed by atoms with Crippen LogP contribution in [0.2, 0.25) is 0 Å². The molecule has 0 aromatic heterocycles. The van der Waals surface area contributed by atoms with Crippen LogP contribution in [0.25, 0.3) is 0 Å². The van der Waals surface area contributed by atoms with E-state index in [9.17, 15) is 5.11 Å². The van der Waals surface area contributed by atoms with E-state index in [0.717, 1.165) is 30.1 Å². The van der Waals surface area contributed by atoms with Crippen molar-refractivity contribution in [3.8, 4) is 5.75 Å². The lowest BCUT2D eigenvalue weighted by Gasteiger charge is -2.30. The number of hydrogen-bond donors (Lipinski definition) is 1. The van der Waals surface area contributed by atoms with Crippen LogP contribution in [0.4, 0.5) is 0 Å². The Labute approximate surface area is 110 Å². The van der Waals surface area contributed by atoms with Gasteiger partial charge in [-0.05, 0) is 37.7 Å². The maximum atomic E-state index is 10.6. The Morgan fingerprint density at radius 3 is 2.56 bits per heavy atom. The molecule has 0 spiro atoms. The van der Waals surface area contributed by atoms with Gasteiger partial charge >= 0.3 is 0 Å². The first-order valence-electron chi connectivity index (χ1n) is 7.12. The van der Waals surface area contributed by atoms with Crippen molar-refractivity contribution in [1.29, 1.82) is 0 Å². The molecule has 100 valence electrons. The van der Waals surface area contributed by atoms with Crippen LogP contribution in [0.1, 0.15) is 51.2 Å². The lowest BCUT2D eigenvalue weighted by Crippen LogP contribution is -2.19. The fraction of sp³-hybridized carbons (Fsp3) is 0.625. The van der Waals surface area contributed by atoms with E-state index in [1.54, 1.807) is 0 Å². The summed E-state index contributed by atoms with van der Waals surface area (Å²) in [6, 6.07) is 7.89. The second-order valence-corrected chi connectivity index (χ2v) is 5.44. The van der Waals surface area contributed by atoms with Gasteiger partial charge in [0.15, 0.2) is 0 Å². The van der Waals surface area contributed by atoms with E-state index in [2.05, 4.69) is 6.92 Å². The van der Waals surface area contributed by atoms with Crippen LogP contribution in [-0.2, 0) is 0 Å². The zero-order valence-electron chi connectivity index (χ0n) is 11.4. The summed E-state index contributed by atoms with van der Waals surface area (Å²) in [4.78, 5) is 0. The fourth-order valence-corrected chi connectivity index (χ4v) is 2.87. The molecule has 0 heterocycles. The van der Waals surface area contributed by atoms with Gasteiger partial charge in [0.05, 0.1) is 12.7 Å². The van der Waals surface area contributed by atoms with E-state index in [4.69, 9.17) is 4.74 Å². The summed E-state index contributed by atoms with van der Waals surface area (Å²) in [6.45, 7) is 4.92. The van der Waals surface area contributed by atoms with Crippen molar-refractivity contribution in [3.05, 3.63) is 29.8 Å². The van der Waals surface area contributed by atoms with Gasteiger partial charge in [-0.1, -0.05) is 38.0 Å². The molecule has 1 N–H and O–H groups in total. The zero-order chi connectivity index (χ0) is 13.0. The smallest absolute Gasteiger partial charge is 0.125 e. The van der Waals surface area contributed by atoms with E-state index < -0.39 is 0 Å². The quantitative estimate of drug-likeness (QED) is 0.874. The van der Waals surface area contributed by atoms with E-state index in [1.165, 1.54) is 12.8 Å². The second kappa shape index (κ2) is 6.24. The van der Waals surface area contributed by atoms with Gasteiger partial charge in [-0.25, -0.2) is 0 Å². The topological polar surface area (TPSA) is 29.5 Å². The number of hydrogen-bond acceptors (Lipinski definition) is 2. The van der Waals surface area contributed by atoms with Crippen LogP contribution in [0, 0.1) is 11.8 Å². The summed E-state index contributed by atoms with van der Waals surface area (Å²) in [5.74, 6) is 2.05. The number of ether oxygens (including phenoxy) is 1. The van der Waals surface area contributed by atoms with Crippen molar-refractivity contribution >= 4 is 0 Å². The minimum absolute atomic E-state index is 0.375. The van der Waals surface area contributed by atoms with Gasteiger partial charge in [-0.15, -0.1) is 0 Å². The van der Waals surface area contributed by atoms with Crippen molar-refractivity contribution in [2.75, 3.05) is 6.61 Å². The first kappa shape index (κ1) is 13.4. The van der Waals surface area contributed by atoms with Crippen molar-refractivity contribution < 1.29 is 9.84 Å². The van der Waals surface area contributed by atoms with Crippen LogP contribution in [0.15, 0.2) is 24.3 Å². The molecule has 1 atom stereocenters. The van der Waals surface area contributed by atoms with Crippen molar-refractivity contribution in [2.24, 2.45) is 11.8 Å². The minimum Gasteiger partial charge on any atom is -0.493 e. The van der Waals surface area contributed by atoms with Crippen LogP contribution >= 0.6 is 0 Å². The summed E-state index contributed by atoms with van der Waals surface area (Å²) in [5.41, 5.74) is 0.957. The van der Waals surface area contributed by atoms with Gasteiger partial charge in [-0.2, -0.15) is 0 Å². The highest BCUT2D eigenvalue weighted by Crippen LogP contribution is 2.39. The SMILES string of the molecule is CCOc1ccccc1C(O)C1CCC(C)CC1. The van der Waals surface area contributed by atoms with E-state index >= 15 is 0 Å². The molecule has 1 aliphatic rings. The Bertz CT molecular complexity index is 367. The third-order valence-electron chi connectivity index (χ3n) is 4.04. The molecule has 1 unspecified atom stereocenters. The monoisotopic (exact) mass is 248 g/mol. The summed E-state index contributed by atoms with van der Waals surface area (Å²) >= 11 is 0. The van der Waals surface area contributed by atoms with Crippen molar-refractivity contribution in [1.82, 2.24) is 0 Å². The lowest BCUT2D eigenvalue weighted by molar-refractivity contribution is 0.0729. The second-order valence-electron chi connectivity index (χ2n) is 5.44. The number of para-hydroxylation sites is 1. The van der Waals surface area contributed by atoms with E-state index in [-0.39, 0.29) is 6.10 Å². The van der Waals surface area contributed by atoms with Crippen LogP contribution < -0.4 is 4.74 Å². The van der Waals surface area contributed by atoms with Crippen molar-refractivity contribution in [2.45, 2.75) is 45.6 Å². The molecule has 0 saturated heterocycles. The number of aliphatic hydroxyl groups is 1. The molecular weight excluding hydrogens is 224 g/mol. The average Bonchev–Trinajstić information content (AvgIpc) is 2.40. The standard InChI is InChI=1S/C16H24O2/c1-3-18-15-7-5-4-6-14(15)16(17)13-10-8-12(2)9-11-13/h4-7,12-13,16-17H,3,8-11H2,1-2H3. The Morgan fingerprint density at radius 1 is 1.22 bits per heavy atom. The first-order chi connectivity index (χ1) is 8.72. The van der Waals surface area contributed by atoms with Gasteiger partial charge < -0.3 is 9.84 Å².